The van der Waals surface area contributed by atoms with E-state index in [0.29, 0.717) is 22.8 Å². The molecule has 0 bridgehead atoms. The van der Waals surface area contributed by atoms with Crippen LogP contribution in [0.2, 0.25) is 0 Å². The van der Waals surface area contributed by atoms with E-state index in [9.17, 15) is 4.79 Å². The van der Waals surface area contributed by atoms with Crippen LogP contribution in [0, 0.1) is 28.6 Å². The average molecular weight is 361 g/mol. The summed E-state index contributed by atoms with van der Waals surface area (Å²) in [6, 6.07) is 1.23. The third-order valence-electron chi connectivity index (χ3n) is 9.48. The van der Waals surface area contributed by atoms with Gasteiger partial charge in [-0.15, -0.1) is 0 Å². The predicted octanol–water partition coefficient (Wildman–Crippen LogP) is 4.61. The number of fused-ring (bicyclic) bond motifs is 5. The molecule has 1 N–H and O–H groups in total. The van der Waals surface area contributed by atoms with Gasteiger partial charge < -0.3 is 10.2 Å². The van der Waals surface area contributed by atoms with Gasteiger partial charge in [0.05, 0.1) is 0 Å². The fourth-order valence-corrected chi connectivity index (χ4v) is 7.94. The van der Waals surface area contributed by atoms with E-state index in [1.165, 1.54) is 57.9 Å². The Morgan fingerprint density at radius 1 is 1.04 bits per heavy atom. The van der Waals surface area contributed by atoms with Crippen LogP contribution in [-0.2, 0) is 4.79 Å². The monoisotopic (exact) mass is 360 g/mol. The summed E-state index contributed by atoms with van der Waals surface area (Å²) >= 11 is 0. The van der Waals surface area contributed by atoms with Crippen LogP contribution in [0.1, 0.15) is 85.0 Å². The van der Waals surface area contributed by atoms with E-state index in [2.05, 4.69) is 38.0 Å². The lowest BCUT2D eigenvalue weighted by atomic mass is 9.47. The first kappa shape index (κ1) is 18.8. The molecule has 2 unspecified atom stereocenters. The summed E-state index contributed by atoms with van der Waals surface area (Å²) in [7, 11) is 2.07. The summed E-state index contributed by atoms with van der Waals surface area (Å²) in [6.07, 6.45) is 12.7. The maximum atomic E-state index is 12.3. The molecule has 4 fully saturated rings. The van der Waals surface area contributed by atoms with E-state index in [-0.39, 0.29) is 0 Å². The van der Waals surface area contributed by atoms with Crippen molar-refractivity contribution in [2.45, 2.75) is 97.1 Å². The molecule has 3 heteroatoms. The van der Waals surface area contributed by atoms with E-state index in [1.54, 1.807) is 0 Å². The van der Waals surface area contributed by atoms with Crippen molar-refractivity contribution in [2.75, 3.05) is 13.6 Å². The van der Waals surface area contributed by atoms with Crippen molar-refractivity contribution in [3.8, 4) is 0 Å². The molecule has 148 valence electrons. The molecule has 4 aliphatic rings. The minimum Gasteiger partial charge on any atom is -0.342 e. The third-order valence-corrected chi connectivity index (χ3v) is 9.48. The zero-order chi connectivity index (χ0) is 18.5. The Labute approximate surface area is 160 Å². The molecule has 1 aliphatic heterocycles. The number of unbranched alkanes of at least 4 members (excludes halogenated alkanes) is 1. The van der Waals surface area contributed by atoms with Gasteiger partial charge in [0.2, 0.25) is 5.91 Å². The van der Waals surface area contributed by atoms with Crippen molar-refractivity contribution < 1.29 is 4.79 Å². The molecule has 1 heterocycles. The zero-order valence-electron chi connectivity index (χ0n) is 17.5. The minimum atomic E-state index is 0.362. The number of carbonyl (C=O) groups is 1. The lowest BCUT2D eigenvalue weighted by Crippen LogP contribution is -2.61. The van der Waals surface area contributed by atoms with E-state index in [0.717, 1.165) is 36.6 Å². The molecule has 26 heavy (non-hydrogen) atoms. The summed E-state index contributed by atoms with van der Waals surface area (Å²) in [6.45, 7) is 8.63. The topological polar surface area (TPSA) is 32.3 Å². The van der Waals surface area contributed by atoms with Gasteiger partial charge in [0, 0.05) is 25.6 Å². The van der Waals surface area contributed by atoms with Crippen LogP contribution in [0.25, 0.3) is 0 Å². The van der Waals surface area contributed by atoms with Crippen LogP contribution < -0.4 is 5.32 Å². The number of nitrogens with one attached hydrogen (secondary N) is 1. The number of hydrogen-bond acceptors (Lipinski definition) is 2. The van der Waals surface area contributed by atoms with E-state index < -0.39 is 0 Å². The Morgan fingerprint density at radius 3 is 2.58 bits per heavy atom. The van der Waals surface area contributed by atoms with Crippen molar-refractivity contribution in [3.63, 3.8) is 0 Å². The third kappa shape index (κ3) is 2.67. The summed E-state index contributed by atoms with van der Waals surface area (Å²) in [5, 5.41) is 3.94. The van der Waals surface area contributed by atoms with Gasteiger partial charge in [0.25, 0.3) is 0 Å². The highest BCUT2D eigenvalue weighted by molar-refractivity contribution is 5.77. The molecule has 0 spiro atoms. The summed E-state index contributed by atoms with van der Waals surface area (Å²) in [4.78, 5) is 14.4. The molecule has 3 nitrogen and oxygen atoms in total. The van der Waals surface area contributed by atoms with E-state index >= 15 is 0 Å². The Balaban J connectivity index is 1.53. The SMILES string of the molecule is CCCCNC1CC[C@H]2[C@@H]3CCC4N(C)C(=O)CC[C@]4(C)[C@@H]3CC[C@]12C. The van der Waals surface area contributed by atoms with Crippen molar-refractivity contribution >= 4 is 5.91 Å². The van der Waals surface area contributed by atoms with Crippen LogP contribution in [-0.4, -0.2) is 36.5 Å². The van der Waals surface area contributed by atoms with E-state index in [4.69, 9.17) is 0 Å². The molecule has 3 aliphatic carbocycles. The highest BCUT2D eigenvalue weighted by atomic mass is 16.2. The van der Waals surface area contributed by atoms with Crippen molar-refractivity contribution in [1.29, 1.82) is 0 Å². The van der Waals surface area contributed by atoms with Gasteiger partial charge in [-0.3, -0.25) is 4.79 Å². The molecule has 0 radical (unpaired) electrons. The first-order valence-corrected chi connectivity index (χ1v) is 11.4. The molecule has 3 saturated carbocycles. The number of nitrogens with zero attached hydrogens (tertiary/aromatic N) is 1. The number of likely N-dealkylation sites (tertiary alicyclic amines) is 1. The Morgan fingerprint density at radius 2 is 1.81 bits per heavy atom. The number of amides is 1. The molecule has 0 aromatic rings. The second-order valence-electron chi connectivity index (χ2n) is 10.5. The molecular weight excluding hydrogens is 320 g/mol. The van der Waals surface area contributed by atoms with Crippen molar-refractivity contribution in [1.82, 2.24) is 10.2 Å². The van der Waals surface area contributed by atoms with Gasteiger partial charge in [-0.05, 0) is 86.5 Å². The Hall–Kier alpha value is -0.570. The lowest BCUT2D eigenvalue weighted by molar-refractivity contribution is -0.157. The van der Waals surface area contributed by atoms with Gasteiger partial charge in [0.1, 0.15) is 0 Å². The Kier molecular flexibility index (Phi) is 4.91. The zero-order valence-corrected chi connectivity index (χ0v) is 17.5. The maximum absolute atomic E-state index is 12.3. The number of carbonyl (C=O) groups excluding carboxylic acids is 1. The standard InChI is InChI=1S/C23H40N2O/c1-5-6-15-24-19-9-8-17-16-7-10-20-23(3,14-12-21(26)25(20)4)18(16)11-13-22(17,19)2/h16-20,24H,5-15H2,1-4H3/t16-,17-,18+,19?,20?,22-,23+/m0/s1. The van der Waals surface area contributed by atoms with Crippen LogP contribution in [0.3, 0.4) is 0 Å². The smallest absolute Gasteiger partial charge is 0.222 e. The molecule has 0 aromatic carbocycles. The fourth-order valence-electron chi connectivity index (χ4n) is 7.94. The fraction of sp³-hybridized carbons (Fsp3) is 0.957. The normalized spacial score (nSPS) is 48.1. The summed E-state index contributed by atoms with van der Waals surface area (Å²) in [5.41, 5.74) is 0.870. The predicted molar refractivity (Wildman–Crippen MR) is 107 cm³/mol. The molecule has 4 rings (SSSR count). The number of rotatable bonds is 4. The molecule has 1 amide bonds. The van der Waals surface area contributed by atoms with Crippen molar-refractivity contribution in [2.24, 2.45) is 28.6 Å². The highest BCUT2D eigenvalue weighted by Gasteiger charge is 2.60. The summed E-state index contributed by atoms with van der Waals surface area (Å²) in [5.74, 6) is 3.02. The second kappa shape index (κ2) is 6.79. The number of hydrogen-bond donors (Lipinski definition) is 1. The summed E-state index contributed by atoms with van der Waals surface area (Å²) < 4.78 is 0. The Bertz CT molecular complexity index is 548. The maximum Gasteiger partial charge on any atom is 0.222 e. The molecule has 1 saturated heterocycles. The van der Waals surface area contributed by atoms with Gasteiger partial charge in [-0.2, -0.15) is 0 Å². The first-order chi connectivity index (χ1) is 12.4. The average Bonchev–Trinajstić information content (AvgIpc) is 2.96. The van der Waals surface area contributed by atoms with Gasteiger partial charge in [-0.25, -0.2) is 0 Å². The van der Waals surface area contributed by atoms with E-state index in [1.807, 2.05) is 0 Å². The molecule has 0 aromatic heterocycles. The second-order valence-corrected chi connectivity index (χ2v) is 10.5. The quantitative estimate of drug-likeness (QED) is 0.743. The van der Waals surface area contributed by atoms with Crippen molar-refractivity contribution in [3.05, 3.63) is 0 Å². The number of piperidine rings is 1. The largest absolute Gasteiger partial charge is 0.342 e. The highest BCUT2D eigenvalue weighted by Crippen LogP contribution is 2.64. The van der Waals surface area contributed by atoms with Gasteiger partial charge in [-0.1, -0.05) is 27.2 Å². The molecular formula is C23H40N2O. The van der Waals surface area contributed by atoms with Crippen LogP contribution in [0.5, 0.6) is 0 Å². The lowest BCUT2D eigenvalue weighted by Gasteiger charge is -2.61. The van der Waals surface area contributed by atoms with Gasteiger partial charge >= 0.3 is 0 Å². The first-order valence-electron chi connectivity index (χ1n) is 11.4. The molecule has 7 atom stereocenters. The van der Waals surface area contributed by atoms with Crippen LogP contribution in [0.4, 0.5) is 0 Å². The van der Waals surface area contributed by atoms with Crippen LogP contribution in [0.15, 0.2) is 0 Å². The van der Waals surface area contributed by atoms with Crippen LogP contribution >= 0.6 is 0 Å². The van der Waals surface area contributed by atoms with Gasteiger partial charge in [0.15, 0.2) is 0 Å². The minimum absolute atomic E-state index is 0.362.